The van der Waals surface area contributed by atoms with Crippen LogP contribution in [0.5, 0.6) is 0 Å². The number of carbonyl (C=O) groups is 1. The standard InChI is InChI=1S/C22H23N3O3/c1-23-21-10-4-8-18(24-21)19-9-5-13-25(19)14-15-11-12-20(28-15)16-6-2-3-7-17(16)22(26)27/h2-4,6-8,10-12,19H,5,9,13-14H2,1H3,(H,23,24)(H,26,27)/t19-/m0/s1. The van der Waals surface area contributed by atoms with E-state index in [4.69, 9.17) is 9.40 Å². The molecule has 1 aromatic carbocycles. The van der Waals surface area contributed by atoms with Crippen molar-refractivity contribution in [1.29, 1.82) is 0 Å². The molecule has 0 unspecified atom stereocenters. The minimum Gasteiger partial charge on any atom is -0.478 e. The molecule has 6 heteroatoms. The molecule has 0 spiro atoms. The quantitative estimate of drug-likeness (QED) is 0.662. The number of carboxylic acid groups (broad SMARTS) is 1. The molecule has 1 fully saturated rings. The average molecular weight is 377 g/mol. The van der Waals surface area contributed by atoms with Gasteiger partial charge in [-0.3, -0.25) is 4.90 Å². The summed E-state index contributed by atoms with van der Waals surface area (Å²) in [5.41, 5.74) is 1.91. The summed E-state index contributed by atoms with van der Waals surface area (Å²) in [7, 11) is 1.87. The first kappa shape index (κ1) is 18.3. The van der Waals surface area contributed by atoms with Gasteiger partial charge in [0.15, 0.2) is 0 Å². The zero-order chi connectivity index (χ0) is 19.5. The maximum absolute atomic E-state index is 11.5. The van der Waals surface area contributed by atoms with Crippen LogP contribution in [0.3, 0.4) is 0 Å². The third kappa shape index (κ3) is 3.64. The monoisotopic (exact) mass is 377 g/mol. The van der Waals surface area contributed by atoms with Crippen molar-refractivity contribution in [3.63, 3.8) is 0 Å². The Labute approximate surface area is 163 Å². The highest BCUT2D eigenvalue weighted by Gasteiger charge is 2.28. The van der Waals surface area contributed by atoms with Gasteiger partial charge in [0.1, 0.15) is 17.3 Å². The number of aromatic carboxylic acids is 1. The number of anilines is 1. The largest absolute Gasteiger partial charge is 0.478 e. The number of nitrogens with zero attached hydrogens (tertiary/aromatic N) is 2. The Balaban J connectivity index is 1.54. The number of furan rings is 1. The lowest BCUT2D eigenvalue weighted by molar-refractivity contribution is 0.0697. The van der Waals surface area contributed by atoms with E-state index in [1.807, 2.05) is 37.4 Å². The molecule has 2 N–H and O–H groups in total. The number of aromatic nitrogens is 1. The zero-order valence-electron chi connectivity index (χ0n) is 15.8. The molecule has 1 aliphatic rings. The smallest absolute Gasteiger partial charge is 0.336 e. The van der Waals surface area contributed by atoms with Crippen LogP contribution >= 0.6 is 0 Å². The predicted octanol–water partition coefficient (Wildman–Crippen LogP) is 4.42. The first-order valence-electron chi connectivity index (χ1n) is 9.46. The Kier molecular flexibility index (Phi) is 5.12. The molecule has 1 atom stereocenters. The van der Waals surface area contributed by atoms with Crippen molar-refractivity contribution in [2.75, 3.05) is 18.9 Å². The van der Waals surface area contributed by atoms with Crippen LogP contribution < -0.4 is 5.32 Å². The molecule has 0 aliphatic carbocycles. The fourth-order valence-corrected chi connectivity index (χ4v) is 3.82. The van der Waals surface area contributed by atoms with Gasteiger partial charge >= 0.3 is 5.97 Å². The Bertz CT molecular complexity index is 982. The summed E-state index contributed by atoms with van der Waals surface area (Å²) in [6.45, 7) is 1.66. The van der Waals surface area contributed by atoms with Gasteiger partial charge in [0.25, 0.3) is 0 Å². The maximum atomic E-state index is 11.5. The number of hydrogen-bond donors (Lipinski definition) is 2. The van der Waals surface area contributed by atoms with Crippen molar-refractivity contribution in [3.05, 3.63) is 71.6 Å². The normalized spacial score (nSPS) is 17.0. The van der Waals surface area contributed by atoms with E-state index in [9.17, 15) is 9.90 Å². The van der Waals surface area contributed by atoms with Crippen molar-refractivity contribution in [2.45, 2.75) is 25.4 Å². The highest BCUT2D eigenvalue weighted by atomic mass is 16.4. The van der Waals surface area contributed by atoms with Gasteiger partial charge in [-0.05, 0) is 49.7 Å². The van der Waals surface area contributed by atoms with E-state index in [1.165, 1.54) is 0 Å². The van der Waals surface area contributed by atoms with Crippen LogP contribution in [-0.4, -0.2) is 34.6 Å². The fraction of sp³-hybridized carbons (Fsp3) is 0.273. The van der Waals surface area contributed by atoms with E-state index in [1.54, 1.807) is 18.2 Å². The fourth-order valence-electron chi connectivity index (χ4n) is 3.82. The highest BCUT2D eigenvalue weighted by Crippen LogP contribution is 2.34. The molecule has 3 aromatic rings. The van der Waals surface area contributed by atoms with Crippen molar-refractivity contribution in [2.24, 2.45) is 0 Å². The topological polar surface area (TPSA) is 78.6 Å². The third-order valence-electron chi connectivity index (χ3n) is 5.18. The van der Waals surface area contributed by atoms with E-state index in [0.717, 1.165) is 36.7 Å². The van der Waals surface area contributed by atoms with Crippen LogP contribution in [0.4, 0.5) is 5.82 Å². The molecule has 28 heavy (non-hydrogen) atoms. The van der Waals surface area contributed by atoms with Crippen molar-refractivity contribution >= 4 is 11.8 Å². The number of likely N-dealkylation sites (tertiary alicyclic amines) is 1. The molecule has 2 aromatic heterocycles. The molecule has 0 saturated carbocycles. The summed E-state index contributed by atoms with van der Waals surface area (Å²) in [4.78, 5) is 18.5. The van der Waals surface area contributed by atoms with E-state index < -0.39 is 5.97 Å². The van der Waals surface area contributed by atoms with E-state index >= 15 is 0 Å². The Morgan fingerprint density at radius 2 is 2.07 bits per heavy atom. The first-order valence-corrected chi connectivity index (χ1v) is 9.46. The molecular formula is C22H23N3O3. The summed E-state index contributed by atoms with van der Waals surface area (Å²) >= 11 is 0. The molecule has 4 rings (SSSR count). The van der Waals surface area contributed by atoms with Crippen molar-refractivity contribution in [1.82, 2.24) is 9.88 Å². The van der Waals surface area contributed by atoms with Crippen molar-refractivity contribution in [3.8, 4) is 11.3 Å². The summed E-state index contributed by atoms with van der Waals surface area (Å²) < 4.78 is 6.01. The van der Waals surface area contributed by atoms with Gasteiger partial charge in [0.05, 0.1) is 23.8 Å². The molecule has 1 aliphatic heterocycles. The zero-order valence-corrected chi connectivity index (χ0v) is 15.8. The lowest BCUT2D eigenvalue weighted by Crippen LogP contribution is -2.23. The minimum absolute atomic E-state index is 0.246. The van der Waals surface area contributed by atoms with Gasteiger partial charge in [0, 0.05) is 12.6 Å². The van der Waals surface area contributed by atoms with E-state index in [-0.39, 0.29) is 11.6 Å². The van der Waals surface area contributed by atoms with Gasteiger partial charge in [0.2, 0.25) is 0 Å². The highest BCUT2D eigenvalue weighted by molar-refractivity contribution is 5.95. The van der Waals surface area contributed by atoms with Gasteiger partial charge in [-0.1, -0.05) is 24.3 Å². The molecule has 144 valence electrons. The third-order valence-corrected chi connectivity index (χ3v) is 5.18. The average Bonchev–Trinajstić information content (AvgIpc) is 3.38. The number of rotatable bonds is 6. The van der Waals surface area contributed by atoms with E-state index in [2.05, 4.69) is 16.3 Å². The van der Waals surface area contributed by atoms with Gasteiger partial charge in [-0.15, -0.1) is 0 Å². The number of hydrogen-bond acceptors (Lipinski definition) is 5. The number of benzene rings is 1. The summed E-state index contributed by atoms with van der Waals surface area (Å²) in [6.07, 6.45) is 2.18. The van der Waals surface area contributed by atoms with Crippen molar-refractivity contribution < 1.29 is 14.3 Å². The SMILES string of the molecule is CNc1cccc([C@@H]2CCCN2Cc2ccc(-c3ccccc3C(=O)O)o2)n1. The first-order chi connectivity index (χ1) is 13.7. The Hall–Kier alpha value is -3.12. The van der Waals surface area contributed by atoms with Gasteiger partial charge in [-0.25, -0.2) is 9.78 Å². The maximum Gasteiger partial charge on any atom is 0.336 e. The predicted molar refractivity (Wildman–Crippen MR) is 107 cm³/mol. The second-order valence-corrected chi connectivity index (χ2v) is 6.94. The van der Waals surface area contributed by atoms with Gasteiger partial charge < -0.3 is 14.8 Å². The van der Waals surface area contributed by atoms with Crippen LogP contribution in [0.1, 0.15) is 40.7 Å². The molecule has 0 radical (unpaired) electrons. The van der Waals surface area contributed by atoms with E-state index in [0.29, 0.717) is 17.9 Å². The van der Waals surface area contributed by atoms with Gasteiger partial charge in [-0.2, -0.15) is 0 Å². The summed E-state index contributed by atoms with van der Waals surface area (Å²) in [5, 5.41) is 12.5. The Morgan fingerprint density at radius 1 is 1.21 bits per heavy atom. The van der Waals surface area contributed by atoms with Crippen LogP contribution in [0.25, 0.3) is 11.3 Å². The molecule has 0 bridgehead atoms. The number of carboxylic acids is 1. The molecule has 3 heterocycles. The Morgan fingerprint density at radius 3 is 2.89 bits per heavy atom. The van der Waals surface area contributed by atoms with Crippen LogP contribution in [0, 0.1) is 0 Å². The van der Waals surface area contributed by atoms with Crippen LogP contribution in [0.2, 0.25) is 0 Å². The second-order valence-electron chi connectivity index (χ2n) is 6.94. The summed E-state index contributed by atoms with van der Waals surface area (Å²) in [6, 6.07) is 17.0. The van der Waals surface area contributed by atoms with Crippen LogP contribution in [0.15, 0.2) is 59.0 Å². The number of pyridine rings is 1. The second kappa shape index (κ2) is 7.86. The minimum atomic E-state index is -0.955. The summed E-state index contributed by atoms with van der Waals surface area (Å²) in [5.74, 6) is 1.32. The molecule has 6 nitrogen and oxygen atoms in total. The number of nitrogens with one attached hydrogen (secondary N) is 1. The molecular weight excluding hydrogens is 354 g/mol. The molecule has 0 amide bonds. The van der Waals surface area contributed by atoms with Crippen LogP contribution in [-0.2, 0) is 6.54 Å². The molecule has 1 saturated heterocycles. The lowest BCUT2D eigenvalue weighted by Gasteiger charge is -2.23. The lowest BCUT2D eigenvalue weighted by atomic mass is 10.1.